The number of ether oxygens (including phenoxy) is 1. The van der Waals surface area contributed by atoms with Crippen molar-refractivity contribution in [2.75, 3.05) is 19.7 Å². The first-order chi connectivity index (χ1) is 14.0. The van der Waals surface area contributed by atoms with Gasteiger partial charge in [-0.15, -0.1) is 0 Å². The van der Waals surface area contributed by atoms with Gasteiger partial charge in [-0.2, -0.15) is 0 Å². The molecular formula is C22H28N2O4S. The smallest absolute Gasteiger partial charge is 0.254 e. The van der Waals surface area contributed by atoms with E-state index in [9.17, 15) is 13.2 Å². The number of nitrogens with zero attached hydrogens (tertiary/aromatic N) is 1. The number of hydrogen-bond acceptors (Lipinski definition) is 4. The number of hydrogen-bond donors (Lipinski definition) is 1. The molecule has 1 fully saturated rings. The number of rotatable bonds is 9. The maximum atomic E-state index is 12.9. The summed E-state index contributed by atoms with van der Waals surface area (Å²) in [6.07, 6.45) is 2.61. The summed E-state index contributed by atoms with van der Waals surface area (Å²) in [6, 6.07) is 16.0. The first-order valence-corrected chi connectivity index (χ1v) is 11.5. The average molecular weight is 417 g/mol. The van der Waals surface area contributed by atoms with Gasteiger partial charge in [0.1, 0.15) is 0 Å². The number of nitrogens with one attached hydrogen (secondary N) is 1. The maximum Gasteiger partial charge on any atom is 0.254 e. The molecule has 0 spiro atoms. The minimum absolute atomic E-state index is 0.0637. The number of carbonyl (C=O) groups is 1. The normalized spacial score (nSPS) is 16.7. The summed E-state index contributed by atoms with van der Waals surface area (Å²) in [6.45, 7) is 4.14. The minimum Gasteiger partial charge on any atom is -0.377 e. The summed E-state index contributed by atoms with van der Waals surface area (Å²) < 4.78 is 33.0. The van der Waals surface area contributed by atoms with Gasteiger partial charge in [0.15, 0.2) is 0 Å². The molecule has 0 bridgehead atoms. The van der Waals surface area contributed by atoms with E-state index in [0.29, 0.717) is 25.3 Å². The monoisotopic (exact) mass is 416 g/mol. The van der Waals surface area contributed by atoms with Crippen LogP contribution in [0.15, 0.2) is 59.5 Å². The SMILES string of the molecule is CCCN(Cc1ccccc1)C(=O)c1ccc(S(=O)(=O)NCC2CCCO2)cc1. The van der Waals surface area contributed by atoms with Crippen LogP contribution < -0.4 is 4.72 Å². The van der Waals surface area contributed by atoms with E-state index in [0.717, 1.165) is 24.8 Å². The molecule has 1 aliphatic heterocycles. The van der Waals surface area contributed by atoms with Crippen LogP contribution in [-0.2, 0) is 21.3 Å². The summed E-state index contributed by atoms with van der Waals surface area (Å²) in [5.41, 5.74) is 1.54. The van der Waals surface area contributed by atoms with Gasteiger partial charge < -0.3 is 9.64 Å². The van der Waals surface area contributed by atoms with Crippen molar-refractivity contribution in [3.8, 4) is 0 Å². The van der Waals surface area contributed by atoms with Gasteiger partial charge in [0.05, 0.1) is 11.0 Å². The van der Waals surface area contributed by atoms with Crippen LogP contribution in [0.25, 0.3) is 0 Å². The van der Waals surface area contributed by atoms with Gasteiger partial charge in [0.2, 0.25) is 10.0 Å². The first-order valence-electron chi connectivity index (χ1n) is 10.0. The third-order valence-corrected chi connectivity index (χ3v) is 6.37. The Kier molecular flexibility index (Phi) is 7.41. The predicted octanol–water partition coefficient (Wildman–Crippen LogP) is 3.20. The van der Waals surface area contributed by atoms with Crippen LogP contribution in [0.5, 0.6) is 0 Å². The molecule has 156 valence electrons. The van der Waals surface area contributed by atoms with E-state index in [-0.39, 0.29) is 23.5 Å². The third kappa shape index (κ3) is 5.88. The average Bonchev–Trinajstić information content (AvgIpc) is 3.26. The zero-order chi connectivity index (χ0) is 20.7. The van der Waals surface area contributed by atoms with E-state index in [2.05, 4.69) is 4.72 Å². The molecule has 2 aromatic carbocycles. The second-order valence-electron chi connectivity index (χ2n) is 7.22. The van der Waals surface area contributed by atoms with Crippen LogP contribution in [0.4, 0.5) is 0 Å². The highest BCUT2D eigenvalue weighted by Gasteiger charge is 2.21. The number of sulfonamides is 1. The Morgan fingerprint density at radius 3 is 2.48 bits per heavy atom. The van der Waals surface area contributed by atoms with Gasteiger partial charge in [-0.25, -0.2) is 13.1 Å². The lowest BCUT2D eigenvalue weighted by atomic mass is 10.1. The summed E-state index contributed by atoms with van der Waals surface area (Å²) in [4.78, 5) is 14.9. The summed E-state index contributed by atoms with van der Waals surface area (Å²) in [7, 11) is -3.62. The highest BCUT2D eigenvalue weighted by Crippen LogP contribution is 2.16. The van der Waals surface area contributed by atoms with Crippen molar-refractivity contribution in [2.24, 2.45) is 0 Å². The summed E-state index contributed by atoms with van der Waals surface area (Å²) in [5.74, 6) is -0.105. The molecule has 2 aromatic rings. The lowest BCUT2D eigenvalue weighted by molar-refractivity contribution is 0.0743. The fraction of sp³-hybridized carbons (Fsp3) is 0.409. The highest BCUT2D eigenvalue weighted by atomic mass is 32.2. The Morgan fingerprint density at radius 1 is 1.14 bits per heavy atom. The number of carbonyl (C=O) groups excluding carboxylic acids is 1. The van der Waals surface area contributed by atoms with Crippen molar-refractivity contribution in [3.63, 3.8) is 0 Å². The van der Waals surface area contributed by atoms with Gasteiger partial charge >= 0.3 is 0 Å². The van der Waals surface area contributed by atoms with Crippen molar-refractivity contribution < 1.29 is 17.9 Å². The number of amides is 1. The molecule has 1 saturated heterocycles. The van der Waals surface area contributed by atoms with Gasteiger partial charge in [0, 0.05) is 31.8 Å². The zero-order valence-corrected chi connectivity index (χ0v) is 17.5. The highest BCUT2D eigenvalue weighted by molar-refractivity contribution is 7.89. The predicted molar refractivity (Wildman–Crippen MR) is 112 cm³/mol. The minimum atomic E-state index is -3.62. The second-order valence-corrected chi connectivity index (χ2v) is 8.99. The molecule has 3 rings (SSSR count). The van der Waals surface area contributed by atoms with Crippen LogP contribution in [0.1, 0.15) is 42.1 Å². The van der Waals surface area contributed by atoms with Gasteiger partial charge in [-0.1, -0.05) is 37.3 Å². The second kappa shape index (κ2) is 10.0. The van der Waals surface area contributed by atoms with E-state index in [4.69, 9.17) is 4.74 Å². The fourth-order valence-corrected chi connectivity index (χ4v) is 4.44. The van der Waals surface area contributed by atoms with Crippen LogP contribution in [-0.4, -0.2) is 45.0 Å². The van der Waals surface area contributed by atoms with E-state index >= 15 is 0 Å². The molecule has 1 amide bonds. The molecule has 29 heavy (non-hydrogen) atoms. The topological polar surface area (TPSA) is 75.7 Å². The van der Waals surface area contributed by atoms with Crippen molar-refractivity contribution in [2.45, 2.75) is 43.7 Å². The lowest BCUT2D eigenvalue weighted by Crippen LogP contribution is -2.32. The Labute approximate surface area is 172 Å². The largest absolute Gasteiger partial charge is 0.377 e. The van der Waals surface area contributed by atoms with Gasteiger partial charge in [-0.3, -0.25) is 4.79 Å². The molecule has 0 radical (unpaired) electrons. The molecule has 0 aliphatic carbocycles. The van der Waals surface area contributed by atoms with Gasteiger partial charge in [0.25, 0.3) is 5.91 Å². The van der Waals surface area contributed by atoms with Crippen LogP contribution >= 0.6 is 0 Å². The lowest BCUT2D eigenvalue weighted by Gasteiger charge is -2.22. The molecule has 1 heterocycles. The van der Waals surface area contributed by atoms with Crippen molar-refractivity contribution >= 4 is 15.9 Å². The quantitative estimate of drug-likeness (QED) is 0.681. The van der Waals surface area contributed by atoms with Crippen LogP contribution in [0.3, 0.4) is 0 Å². The van der Waals surface area contributed by atoms with Crippen LogP contribution in [0, 0.1) is 0 Å². The molecule has 0 saturated carbocycles. The Bertz CT molecular complexity index is 892. The molecular weight excluding hydrogens is 388 g/mol. The molecule has 1 atom stereocenters. The molecule has 1 N–H and O–H groups in total. The fourth-order valence-electron chi connectivity index (χ4n) is 3.38. The van der Waals surface area contributed by atoms with Crippen molar-refractivity contribution in [1.82, 2.24) is 9.62 Å². The number of benzene rings is 2. The Morgan fingerprint density at radius 2 is 1.86 bits per heavy atom. The molecule has 1 unspecified atom stereocenters. The molecule has 6 nitrogen and oxygen atoms in total. The van der Waals surface area contributed by atoms with Crippen LogP contribution in [0.2, 0.25) is 0 Å². The Hall–Kier alpha value is -2.22. The van der Waals surface area contributed by atoms with Crippen molar-refractivity contribution in [1.29, 1.82) is 0 Å². The Balaban J connectivity index is 1.67. The zero-order valence-electron chi connectivity index (χ0n) is 16.7. The molecule has 1 aliphatic rings. The van der Waals surface area contributed by atoms with E-state index in [1.165, 1.54) is 12.1 Å². The van der Waals surface area contributed by atoms with E-state index in [1.807, 2.05) is 37.3 Å². The molecule has 0 aromatic heterocycles. The van der Waals surface area contributed by atoms with E-state index < -0.39 is 10.0 Å². The standard InChI is InChI=1S/C22H28N2O4S/c1-2-14-24(17-18-7-4-3-5-8-18)22(25)19-10-12-21(13-11-19)29(26,27)23-16-20-9-6-15-28-20/h3-5,7-8,10-13,20,23H,2,6,9,14-17H2,1H3. The van der Waals surface area contributed by atoms with Crippen molar-refractivity contribution in [3.05, 3.63) is 65.7 Å². The molecule has 7 heteroatoms. The van der Waals surface area contributed by atoms with Gasteiger partial charge in [-0.05, 0) is 49.1 Å². The summed E-state index contributed by atoms with van der Waals surface area (Å²) in [5, 5.41) is 0. The third-order valence-electron chi connectivity index (χ3n) is 4.93. The maximum absolute atomic E-state index is 12.9. The van der Waals surface area contributed by atoms with E-state index in [1.54, 1.807) is 17.0 Å². The summed E-state index contributed by atoms with van der Waals surface area (Å²) >= 11 is 0. The first kappa shape index (κ1) is 21.5.